The molecule has 32 heavy (non-hydrogen) atoms. The summed E-state index contributed by atoms with van der Waals surface area (Å²) in [5.41, 5.74) is 2.21. The number of benzene rings is 2. The Morgan fingerprint density at radius 3 is 2.66 bits per heavy atom. The van der Waals surface area contributed by atoms with E-state index in [9.17, 15) is 9.90 Å². The van der Waals surface area contributed by atoms with Crippen molar-refractivity contribution < 1.29 is 48.7 Å². The molecule has 0 aliphatic rings. The number of hydrogen-bond donors (Lipinski definition) is 0. The van der Waals surface area contributed by atoms with Crippen LogP contribution in [0.15, 0.2) is 47.1 Å². The number of rotatable bonds is 8. The number of carbonyl (C=O) groups is 1. The Kier molecular flexibility index (Phi) is 8.25. The molecule has 4 rings (SSSR count). The number of hydrogen-bond acceptors (Lipinski definition) is 6. The molecule has 0 spiro atoms. The number of nitrogens with zero attached hydrogens (tertiary/aromatic N) is 3. The molecule has 0 atom stereocenters. The molecule has 0 bridgehead atoms. The minimum atomic E-state index is -1.11. The molecule has 0 N–H and O–H groups in total. The Morgan fingerprint density at radius 1 is 1.16 bits per heavy atom. The van der Waals surface area contributed by atoms with Crippen molar-refractivity contribution in [1.82, 2.24) is 14.7 Å². The number of aromatic nitrogens is 3. The molecule has 7 nitrogen and oxygen atoms in total. The molecule has 2 heterocycles. The maximum absolute atomic E-state index is 10.8. The number of fused-ring (bicyclic) bond motifs is 1. The molecular formula is C22H18Cl2N3NaO4. The summed E-state index contributed by atoms with van der Waals surface area (Å²) in [6.07, 6.45) is 2.49. The van der Waals surface area contributed by atoms with Crippen LogP contribution in [0.25, 0.3) is 33.7 Å². The van der Waals surface area contributed by atoms with Crippen LogP contribution in [0, 0.1) is 0 Å². The zero-order chi connectivity index (χ0) is 22.0. The minimum absolute atomic E-state index is 0. The summed E-state index contributed by atoms with van der Waals surface area (Å²) in [5.74, 6) is 0.226. The van der Waals surface area contributed by atoms with Gasteiger partial charge in [0.15, 0.2) is 0 Å². The topological polar surface area (TPSA) is 93.2 Å². The normalized spacial score (nSPS) is 10.8. The number of carboxylic acid groups (broad SMARTS) is 1. The van der Waals surface area contributed by atoms with Crippen molar-refractivity contribution >= 4 is 40.1 Å². The van der Waals surface area contributed by atoms with E-state index in [1.165, 1.54) is 0 Å². The predicted molar refractivity (Wildman–Crippen MR) is 116 cm³/mol. The van der Waals surface area contributed by atoms with Crippen molar-refractivity contribution in [2.75, 3.05) is 6.61 Å². The van der Waals surface area contributed by atoms with Crippen LogP contribution in [0.1, 0.15) is 19.8 Å². The first-order valence-corrected chi connectivity index (χ1v) is 10.5. The molecule has 0 radical (unpaired) electrons. The average molecular weight is 482 g/mol. The molecule has 2 aromatic carbocycles. The fourth-order valence-corrected chi connectivity index (χ4v) is 3.71. The van der Waals surface area contributed by atoms with E-state index in [-0.39, 0.29) is 42.5 Å². The summed E-state index contributed by atoms with van der Waals surface area (Å²) in [4.78, 5) is 15.2. The van der Waals surface area contributed by atoms with Crippen molar-refractivity contribution in [3.05, 3.63) is 52.6 Å². The van der Waals surface area contributed by atoms with Gasteiger partial charge in [-0.3, -0.25) is 0 Å². The molecule has 0 aliphatic heterocycles. The molecule has 0 saturated carbocycles. The third-order valence-electron chi connectivity index (χ3n) is 4.71. The minimum Gasteiger partial charge on any atom is -0.550 e. The molecule has 0 unspecified atom stereocenters. The van der Waals surface area contributed by atoms with Crippen molar-refractivity contribution in [3.63, 3.8) is 0 Å². The second-order valence-corrected chi connectivity index (χ2v) is 7.76. The molecular weight excluding hydrogens is 464 g/mol. The van der Waals surface area contributed by atoms with E-state index >= 15 is 0 Å². The van der Waals surface area contributed by atoms with Crippen LogP contribution in [0.3, 0.4) is 0 Å². The third kappa shape index (κ3) is 5.30. The van der Waals surface area contributed by atoms with Gasteiger partial charge in [0.1, 0.15) is 5.75 Å². The zero-order valence-corrected chi connectivity index (χ0v) is 21.1. The Hall–Kier alpha value is -2.03. The largest absolute Gasteiger partial charge is 1.00 e. The SMILES string of the molecule is CCCOc1ccc(-c2nc(-c3ccc4c(c3)c(Cl)cn4CCC(=O)[O-])no2)cc1Cl.[Na+]. The van der Waals surface area contributed by atoms with Crippen molar-refractivity contribution in [1.29, 1.82) is 0 Å². The van der Waals surface area contributed by atoms with Crippen molar-refractivity contribution in [2.45, 2.75) is 26.3 Å². The molecule has 0 amide bonds. The van der Waals surface area contributed by atoms with Gasteiger partial charge in [-0.2, -0.15) is 4.98 Å². The predicted octanol–water partition coefficient (Wildman–Crippen LogP) is 1.60. The Morgan fingerprint density at radius 2 is 1.94 bits per heavy atom. The Labute approximate surface area is 216 Å². The van der Waals surface area contributed by atoms with Crippen LogP contribution in [0.2, 0.25) is 10.0 Å². The van der Waals surface area contributed by atoms with E-state index < -0.39 is 5.97 Å². The molecule has 10 heteroatoms. The van der Waals surface area contributed by atoms with Crippen LogP contribution in [-0.2, 0) is 11.3 Å². The fourth-order valence-electron chi connectivity index (χ4n) is 3.21. The average Bonchev–Trinajstić information content (AvgIpc) is 3.36. The number of halogens is 2. The Bertz CT molecular complexity index is 1260. The van der Waals surface area contributed by atoms with Crippen LogP contribution in [-0.4, -0.2) is 27.3 Å². The van der Waals surface area contributed by atoms with Gasteiger partial charge in [-0.05, 0) is 42.8 Å². The van der Waals surface area contributed by atoms with Gasteiger partial charge in [0.2, 0.25) is 5.82 Å². The summed E-state index contributed by atoms with van der Waals surface area (Å²) in [6, 6.07) is 10.8. The first-order valence-electron chi connectivity index (χ1n) is 9.71. The molecule has 0 saturated heterocycles. The second-order valence-electron chi connectivity index (χ2n) is 6.94. The van der Waals surface area contributed by atoms with Crippen molar-refractivity contribution in [3.8, 4) is 28.6 Å². The van der Waals surface area contributed by atoms with E-state index in [2.05, 4.69) is 10.1 Å². The summed E-state index contributed by atoms with van der Waals surface area (Å²) in [6.45, 7) is 2.88. The van der Waals surface area contributed by atoms with Crippen LogP contribution < -0.4 is 39.4 Å². The zero-order valence-electron chi connectivity index (χ0n) is 17.6. The first-order chi connectivity index (χ1) is 15.0. The van der Waals surface area contributed by atoms with Gasteiger partial charge in [-0.15, -0.1) is 0 Å². The second kappa shape index (κ2) is 10.7. The van der Waals surface area contributed by atoms with Gasteiger partial charge in [-0.1, -0.05) is 35.3 Å². The summed E-state index contributed by atoms with van der Waals surface area (Å²) in [7, 11) is 0. The number of carbonyl (C=O) groups excluding carboxylic acids is 1. The molecule has 4 aromatic rings. The summed E-state index contributed by atoms with van der Waals surface area (Å²) < 4.78 is 12.8. The molecule has 0 aliphatic carbocycles. The van der Waals surface area contributed by atoms with E-state index in [1.807, 2.05) is 31.2 Å². The number of aliphatic carboxylic acids is 1. The van der Waals surface area contributed by atoms with Gasteiger partial charge < -0.3 is 23.7 Å². The van der Waals surface area contributed by atoms with Gasteiger partial charge in [0.05, 0.1) is 16.7 Å². The van der Waals surface area contributed by atoms with Gasteiger partial charge >= 0.3 is 29.6 Å². The smallest absolute Gasteiger partial charge is 0.550 e. The van der Waals surface area contributed by atoms with E-state index in [1.54, 1.807) is 22.9 Å². The fraction of sp³-hybridized carbons (Fsp3) is 0.227. The third-order valence-corrected chi connectivity index (χ3v) is 5.31. The number of carboxylic acids is 1. The summed E-state index contributed by atoms with van der Waals surface area (Å²) in [5, 5.41) is 16.6. The Balaban J connectivity index is 0.00000289. The van der Waals surface area contributed by atoms with E-state index in [0.29, 0.717) is 39.7 Å². The van der Waals surface area contributed by atoms with Crippen LogP contribution in [0.4, 0.5) is 0 Å². The number of aryl methyl sites for hydroxylation is 1. The monoisotopic (exact) mass is 481 g/mol. The number of ether oxygens (including phenoxy) is 1. The first kappa shape index (κ1) is 24.6. The van der Waals surface area contributed by atoms with E-state index in [4.69, 9.17) is 32.5 Å². The van der Waals surface area contributed by atoms with E-state index in [0.717, 1.165) is 22.9 Å². The molecule has 2 aromatic heterocycles. The quantitative estimate of drug-likeness (QED) is 0.355. The van der Waals surface area contributed by atoms with Crippen LogP contribution in [0.5, 0.6) is 5.75 Å². The van der Waals surface area contributed by atoms with Crippen LogP contribution >= 0.6 is 23.2 Å². The van der Waals surface area contributed by atoms with Gasteiger partial charge in [-0.25, -0.2) is 0 Å². The maximum Gasteiger partial charge on any atom is 1.00 e. The van der Waals surface area contributed by atoms with Crippen molar-refractivity contribution in [2.24, 2.45) is 0 Å². The molecule has 160 valence electrons. The standard InChI is InChI=1S/C22H19Cl2N3O4.Na/c1-2-9-30-19-6-4-14(11-16(19)23)22-25-21(26-31-22)13-3-5-18-15(10-13)17(24)12-27(18)8-7-20(28)29;/h3-6,10-12H,2,7-9H2,1H3,(H,28,29);/q;+1/p-1. The molecule has 0 fully saturated rings. The van der Waals surface area contributed by atoms with Gasteiger partial charge in [0, 0.05) is 47.2 Å². The van der Waals surface area contributed by atoms with Gasteiger partial charge in [0.25, 0.3) is 5.89 Å². The summed E-state index contributed by atoms with van der Waals surface area (Å²) >= 11 is 12.6. The maximum atomic E-state index is 10.8.